The van der Waals surface area contributed by atoms with E-state index in [4.69, 9.17) is 9.15 Å². The van der Waals surface area contributed by atoms with E-state index in [-0.39, 0.29) is 17.5 Å². The first-order chi connectivity index (χ1) is 15.5. The highest BCUT2D eigenvalue weighted by atomic mass is 16.5. The number of aromatic amines is 1. The largest absolute Gasteiger partial charge is 0.496 e. The molecule has 0 fully saturated rings. The second-order valence-electron chi connectivity index (χ2n) is 8.90. The van der Waals surface area contributed by atoms with Gasteiger partial charge in [-0.15, -0.1) is 0 Å². The number of benzene rings is 2. The molecular weight excluding hydrogens is 398 g/mol. The van der Waals surface area contributed by atoms with Crippen LogP contribution in [0.3, 0.4) is 0 Å². The SMILES string of the molecule is COc1ccc2ccc(=O)oc2c1[C@@H]1C=C(C)C[C@@H](C=C(C)C)c2[nH]c3ccccc3c21. The zero-order valence-electron chi connectivity index (χ0n) is 18.9. The minimum absolute atomic E-state index is 0.110. The molecule has 4 heteroatoms. The normalized spacial score (nSPS) is 18.2. The third kappa shape index (κ3) is 3.36. The van der Waals surface area contributed by atoms with Crippen LogP contribution in [0.15, 0.2) is 81.0 Å². The van der Waals surface area contributed by atoms with Gasteiger partial charge in [-0.1, -0.05) is 41.5 Å². The van der Waals surface area contributed by atoms with Crippen LogP contribution in [0, 0.1) is 0 Å². The quantitative estimate of drug-likeness (QED) is 0.290. The summed E-state index contributed by atoms with van der Waals surface area (Å²) < 4.78 is 11.6. The summed E-state index contributed by atoms with van der Waals surface area (Å²) in [5.74, 6) is 0.857. The monoisotopic (exact) mass is 425 g/mol. The van der Waals surface area contributed by atoms with Crippen LogP contribution in [-0.4, -0.2) is 12.1 Å². The number of H-pyrrole nitrogens is 1. The molecule has 0 unspecified atom stereocenters. The number of fused-ring (bicyclic) bond motifs is 4. The van der Waals surface area contributed by atoms with Gasteiger partial charge in [-0.2, -0.15) is 0 Å². The minimum atomic E-state index is -0.358. The van der Waals surface area contributed by atoms with Crippen molar-refractivity contribution in [3.8, 4) is 5.75 Å². The first-order valence-electron chi connectivity index (χ1n) is 11.0. The lowest BCUT2D eigenvalue weighted by Crippen LogP contribution is -2.06. The number of ether oxygens (including phenoxy) is 1. The zero-order valence-corrected chi connectivity index (χ0v) is 18.9. The Labute approximate surface area is 187 Å². The molecule has 4 nitrogen and oxygen atoms in total. The van der Waals surface area contributed by atoms with Crippen LogP contribution in [0.2, 0.25) is 0 Å². The molecule has 32 heavy (non-hydrogen) atoms. The predicted molar refractivity (Wildman–Crippen MR) is 130 cm³/mol. The number of aromatic nitrogens is 1. The Hall–Kier alpha value is -3.53. The lowest BCUT2D eigenvalue weighted by molar-refractivity contribution is 0.408. The second-order valence-corrected chi connectivity index (χ2v) is 8.90. The molecule has 2 heterocycles. The van der Waals surface area contributed by atoms with Crippen molar-refractivity contribution in [2.75, 3.05) is 7.11 Å². The first-order valence-corrected chi connectivity index (χ1v) is 11.0. The molecule has 4 aromatic rings. The van der Waals surface area contributed by atoms with Gasteiger partial charge in [0.05, 0.1) is 7.11 Å². The van der Waals surface area contributed by atoms with Gasteiger partial charge in [0, 0.05) is 45.4 Å². The number of nitrogens with one attached hydrogen (secondary N) is 1. The summed E-state index contributed by atoms with van der Waals surface area (Å²) in [4.78, 5) is 15.9. The molecule has 2 aromatic heterocycles. The van der Waals surface area contributed by atoms with Gasteiger partial charge >= 0.3 is 5.63 Å². The van der Waals surface area contributed by atoms with Crippen LogP contribution in [0.4, 0.5) is 0 Å². The molecule has 0 saturated carbocycles. The molecule has 5 rings (SSSR count). The van der Waals surface area contributed by atoms with Gasteiger partial charge in [0.1, 0.15) is 11.3 Å². The summed E-state index contributed by atoms with van der Waals surface area (Å²) in [5.41, 5.74) is 7.25. The minimum Gasteiger partial charge on any atom is -0.496 e. The number of hydrogen-bond acceptors (Lipinski definition) is 3. The Kier molecular flexibility index (Phi) is 5.01. The van der Waals surface area contributed by atoms with E-state index in [1.165, 1.54) is 33.9 Å². The fourth-order valence-corrected chi connectivity index (χ4v) is 5.08. The maximum absolute atomic E-state index is 12.2. The molecule has 162 valence electrons. The second kappa shape index (κ2) is 7.86. The van der Waals surface area contributed by atoms with Crippen molar-refractivity contribution < 1.29 is 9.15 Å². The van der Waals surface area contributed by atoms with Gasteiger partial charge in [-0.25, -0.2) is 4.79 Å². The highest BCUT2D eigenvalue weighted by Gasteiger charge is 2.31. The van der Waals surface area contributed by atoms with Crippen LogP contribution >= 0.6 is 0 Å². The van der Waals surface area contributed by atoms with E-state index < -0.39 is 0 Å². The smallest absolute Gasteiger partial charge is 0.336 e. The molecule has 1 aliphatic rings. The van der Waals surface area contributed by atoms with Gasteiger partial charge in [0.2, 0.25) is 0 Å². The average molecular weight is 426 g/mol. The van der Waals surface area contributed by atoms with Crippen molar-refractivity contribution in [3.63, 3.8) is 0 Å². The molecule has 0 spiro atoms. The van der Waals surface area contributed by atoms with Crippen LogP contribution < -0.4 is 10.4 Å². The number of para-hydroxylation sites is 1. The lowest BCUT2D eigenvalue weighted by Gasteiger charge is -2.20. The van der Waals surface area contributed by atoms with Crippen LogP contribution in [0.25, 0.3) is 21.9 Å². The van der Waals surface area contributed by atoms with Gasteiger partial charge < -0.3 is 14.1 Å². The Morgan fingerprint density at radius 1 is 1.09 bits per heavy atom. The number of allylic oxidation sites excluding steroid dienone is 4. The van der Waals surface area contributed by atoms with Crippen LogP contribution in [0.5, 0.6) is 5.75 Å². The molecular formula is C28H27NO3. The van der Waals surface area contributed by atoms with E-state index in [1.54, 1.807) is 7.11 Å². The van der Waals surface area contributed by atoms with Gasteiger partial charge in [-0.05, 0) is 57.0 Å². The molecule has 2 aromatic carbocycles. The van der Waals surface area contributed by atoms with Crippen molar-refractivity contribution in [1.82, 2.24) is 4.98 Å². The van der Waals surface area contributed by atoms with Crippen molar-refractivity contribution in [2.24, 2.45) is 0 Å². The fraction of sp³-hybridized carbons (Fsp3) is 0.250. The van der Waals surface area contributed by atoms with E-state index in [9.17, 15) is 4.79 Å². The summed E-state index contributed by atoms with van der Waals surface area (Å²) in [6, 6.07) is 15.6. The number of hydrogen-bond donors (Lipinski definition) is 1. The van der Waals surface area contributed by atoms with Gasteiger partial charge in [0.15, 0.2) is 0 Å². The Morgan fingerprint density at radius 2 is 1.88 bits per heavy atom. The summed E-state index contributed by atoms with van der Waals surface area (Å²) in [5, 5.41) is 2.07. The molecule has 2 atom stereocenters. The van der Waals surface area contributed by atoms with E-state index in [1.807, 2.05) is 18.2 Å². The van der Waals surface area contributed by atoms with Gasteiger partial charge in [0.25, 0.3) is 0 Å². The topological polar surface area (TPSA) is 55.2 Å². The molecule has 0 aliphatic heterocycles. The highest BCUT2D eigenvalue weighted by molar-refractivity contribution is 5.90. The first kappa shape index (κ1) is 20.4. The van der Waals surface area contributed by atoms with Gasteiger partial charge in [-0.3, -0.25) is 0 Å². The summed E-state index contributed by atoms with van der Waals surface area (Å²) in [7, 11) is 1.67. The molecule has 1 aliphatic carbocycles. The molecule has 0 bridgehead atoms. The molecule has 0 amide bonds. The summed E-state index contributed by atoms with van der Waals surface area (Å²) >= 11 is 0. The maximum atomic E-state index is 12.2. The molecule has 0 saturated heterocycles. The maximum Gasteiger partial charge on any atom is 0.336 e. The molecule has 1 N–H and O–H groups in total. The Morgan fingerprint density at radius 3 is 2.66 bits per heavy atom. The fourth-order valence-electron chi connectivity index (χ4n) is 5.08. The van der Waals surface area contributed by atoms with E-state index >= 15 is 0 Å². The number of rotatable bonds is 3. The summed E-state index contributed by atoms with van der Waals surface area (Å²) in [6.45, 7) is 6.47. The van der Waals surface area contributed by atoms with Crippen molar-refractivity contribution in [3.05, 3.63) is 99.1 Å². The standard InChI is InChI=1S/C28H27NO3/c1-16(2)13-19-14-17(3)15-21(25-20-7-5-6-8-22(20)29-27(19)25)26-23(31-4)11-9-18-10-12-24(30)32-28(18)26/h5-13,15,19,21,29H,14H2,1-4H3/t19-,21-/m1/s1. The number of methoxy groups -OCH3 is 1. The van der Waals surface area contributed by atoms with Crippen molar-refractivity contribution >= 4 is 21.9 Å². The van der Waals surface area contributed by atoms with Crippen LogP contribution in [0.1, 0.15) is 55.8 Å². The van der Waals surface area contributed by atoms with Crippen LogP contribution in [-0.2, 0) is 0 Å². The third-order valence-corrected chi connectivity index (χ3v) is 6.31. The summed E-state index contributed by atoms with van der Waals surface area (Å²) in [6.07, 6.45) is 5.58. The molecule has 0 radical (unpaired) electrons. The predicted octanol–water partition coefficient (Wildman–Crippen LogP) is 6.81. The van der Waals surface area contributed by atoms with Crippen molar-refractivity contribution in [1.29, 1.82) is 0 Å². The Bertz CT molecular complexity index is 1450. The zero-order chi connectivity index (χ0) is 22.4. The highest BCUT2D eigenvalue weighted by Crippen LogP contribution is 2.47. The van der Waals surface area contributed by atoms with E-state index in [0.717, 1.165) is 28.6 Å². The van der Waals surface area contributed by atoms with E-state index in [0.29, 0.717) is 5.58 Å². The third-order valence-electron chi connectivity index (χ3n) is 6.31. The average Bonchev–Trinajstić information content (AvgIpc) is 3.09. The van der Waals surface area contributed by atoms with Crippen molar-refractivity contribution in [2.45, 2.75) is 39.0 Å². The Balaban J connectivity index is 1.90. The lowest BCUT2D eigenvalue weighted by atomic mass is 9.86. The van der Waals surface area contributed by atoms with E-state index in [2.05, 4.69) is 62.2 Å².